The minimum atomic E-state index is -3.53. The summed E-state index contributed by atoms with van der Waals surface area (Å²) in [5, 5.41) is 8.71. The zero-order valence-corrected chi connectivity index (χ0v) is 12.9. The third-order valence-electron chi connectivity index (χ3n) is 3.68. The summed E-state index contributed by atoms with van der Waals surface area (Å²) in [4.78, 5) is 4.13. The fourth-order valence-electron chi connectivity index (χ4n) is 2.60. The summed E-state index contributed by atoms with van der Waals surface area (Å²) in [5.74, 6) is 5.19. The van der Waals surface area contributed by atoms with Crippen molar-refractivity contribution in [3.63, 3.8) is 0 Å². The first kappa shape index (κ1) is 16.0. The summed E-state index contributed by atoms with van der Waals surface area (Å²) < 4.78 is 27.1. The monoisotopic (exact) mass is 308 g/mol. The summed E-state index contributed by atoms with van der Waals surface area (Å²) in [6, 6.07) is 1.59. The van der Waals surface area contributed by atoms with Gasteiger partial charge in [0.15, 0.2) is 0 Å². The van der Waals surface area contributed by atoms with Gasteiger partial charge in [0.25, 0.3) is 0 Å². The van der Waals surface area contributed by atoms with Crippen molar-refractivity contribution in [1.82, 2.24) is 9.29 Å². The first-order valence-electron chi connectivity index (χ1n) is 7.16. The maximum absolute atomic E-state index is 12.8. The Hall–Kier alpha value is -1.42. The molecule has 0 aromatic carbocycles. The van der Waals surface area contributed by atoms with Crippen LogP contribution in [-0.2, 0) is 10.0 Å². The van der Waals surface area contributed by atoms with Gasteiger partial charge in [0.1, 0.15) is 11.5 Å². The molecule has 0 radical (unpaired) electrons. The molecule has 21 heavy (non-hydrogen) atoms. The van der Waals surface area contributed by atoms with E-state index < -0.39 is 10.0 Å². The average Bonchev–Trinajstić information content (AvgIpc) is 2.53. The van der Waals surface area contributed by atoms with Crippen LogP contribution in [-0.4, -0.2) is 42.0 Å². The van der Waals surface area contributed by atoms with Gasteiger partial charge in [0.2, 0.25) is 10.0 Å². The number of aliphatic hydroxyl groups excluding tert-OH is 1. The molecule has 0 amide bonds. The van der Waals surface area contributed by atoms with Crippen LogP contribution < -0.4 is 0 Å². The summed E-state index contributed by atoms with van der Waals surface area (Å²) in [6.07, 6.45) is 6.55. The second-order valence-corrected chi connectivity index (χ2v) is 6.93. The number of nitrogens with zero attached hydrogens (tertiary/aromatic N) is 2. The van der Waals surface area contributed by atoms with Crippen LogP contribution in [0, 0.1) is 11.8 Å². The van der Waals surface area contributed by atoms with E-state index in [1.807, 2.05) is 6.92 Å². The third kappa shape index (κ3) is 3.62. The molecule has 1 saturated heterocycles. The molecule has 2 rings (SSSR count). The van der Waals surface area contributed by atoms with Crippen molar-refractivity contribution in [2.45, 2.75) is 43.5 Å². The Morgan fingerprint density at radius 2 is 2.24 bits per heavy atom. The van der Waals surface area contributed by atoms with Crippen LogP contribution in [0.2, 0.25) is 0 Å². The zero-order valence-electron chi connectivity index (χ0n) is 12.1. The third-order valence-corrected chi connectivity index (χ3v) is 5.59. The minimum Gasteiger partial charge on any atom is -0.384 e. The van der Waals surface area contributed by atoms with Gasteiger partial charge in [0.05, 0.1) is 0 Å². The van der Waals surface area contributed by atoms with E-state index in [1.165, 1.54) is 18.5 Å². The largest absolute Gasteiger partial charge is 0.384 e. The highest BCUT2D eigenvalue weighted by Gasteiger charge is 2.32. The molecule has 0 spiro atoms. The van der Waals surface area contributed by atoms with E-state index in [0.29, 0.717) is 12.1 Å². The van der Waals surface area contributed by atoms with Gasteiger partial charge in [-0.05, 0) is 25.3 Å². The van der Waals surface area contributed by atoms with Crippen LogP contribution in [0.1, 0.15) is 38.2 Å². The molecule has 1 N–H and O–H groups in total. The van der Waals surface area contributed by atoms with Crippen molar-refractivity contribution in [2.75, 3.05) is 13.2 Å². The predicted octanol–water partition coefficient (Wildman–Crippen LogP) is 1.38. The Kier molecular flexibility index (Phi) is 5.34. The number of pyridine rings is 1. The highest BCUT2D eigenvalue weighted by atomic mass is 32.2. The predicted molar refractivity (Wildman–Crippen MR) is 80.0 cm³/mol. The van der Waals surface area contributed by atoms with Crippen LogP contribution in [0.5, 0.6) is 0 Å². The highest BCUT2D eigenvalue weighted by molar-refractivity contribution is 7.89. The lowest BCUT2D eigenvalue weighted by atomic mass is 10.0. The summed E-state index contributed by atoms with van der Waals surface area (Å²) in [7, 11) is -3.53. The molecule has 0 bridgehead atoms. The van der Waals surface area contributed by atoms with Gasteiger partial charge < -0.3 is 5.11 Å². The molecular formula is C15H20N2O3S. The van der Waals surface area contributed by atoms with Gasteiger partial charge in [0, 0.05) is 30.5 Å². The van der Waals surface area contributed by atoms with Crippen LogP contribution in [0.3, 0.4) is 0 Å². The molecule has 1 aromatic rings. The fourth-order valence-corrected chi connectivity index (χ4v) is 4.36. The van der Waals surface area contributed by atoms with Crippen molar-refractivity contribution in [3.05, 3.63) is 24.0 Å². The van der Waals surface area contributed by atoms with Gasteiger partial charge in [-0.3, -0.25) is 4.98 Å². The Morgan fingerprint density at radius 3 is 2.95 bits per heavy atom. The van der Waals surface area contributed by atoms with E-state index in [2.05, 4.69) is 16.8 Å². The topological polar surface area (TPSA) is 70.5 Å². The van der Waals surface area contributed by atoms with Gasteiger partial charge in [-0.25, -0.2) is 8.42 Å². The Morgan fingerprint density at radius 1 is 1.43 bits per heavy atom. The first-order valence-corrected chi connectivity index (χ1v) is 8.60. The highest BCUT2D eigenvalue weighted by Crippen LogP contribution is 2.26. The average molecular weight is 308 g/mol. The van der Waals surface area contributed by atoms with Crippen molar-refractivity contribution in [2.24, 2.45) is 0 Å². The fraction of sp³-hybridized carbons (Fsp3) is 0.533. The molecule has 5 nitrogen and oxygen atoms in total. The normalized spacial score (nSPS) is 19.8. The zero-order chi connectivity index (χ0) is 15.3. The van der Waals surface area contributed by atoms with Crippen LogP contribution in [0.15, 0.2) is 23.4 Å². The molecule has 114 valence electrons. The second-order valence-electron chi connectivity index (χ2n) is 5.04. The molecule has 2 heterocycles. The number of aliphatic hydroxyl groups is 1. The molecule has 1 fully saturated rings. The van der Waals surface area contributed by atoms with Gasteiger partial charge in [-0.15, -0.1) is 0 Å². The molecular weight excluding hydrogens is 288 g/mol. The van der Waals surface area contributed by atoms with Gasteiger partial charge in [-0.1, -0.05) is 25.2 Å². The lowest BCUT2D eigenvalue weighted by Crippen LogP contribution is -2.43. The molecule has 1 unspecified atom stereocenters. The van der Waals surface area contributed by atoms with E-state index >= 15 is 0 Å². The number of sulfonamides is 1. The van der Waals surface area contributed by atoms with E-state index in [-0.39, 0.29) is 17.5 Å². The molecule has 1 atom stereocenters. The van der Waals surface area contributed by atoms with Crippen LogP contribution in [0.25, 0.3) is 0 Å². The maximum atomic E-state index is 12.8. The van der Waals surface area contributed by atoms with Crippen LogP contribution in [0.4, 0.5) is 0 Å². The summed E-state index contributed by atoms with van der Waals surface area (Å²) >= 11 is 0. The minimum absolute atomic E-state index is 0.0657. The Labute approximate surface area is 126 Å². The molecule has 1 aliphatic heterocycles. The van der Waals surface area contributed by atoms with Crippen molar-refractivity contribution in [3.8, 4) is 11.8 Å². The molecule has 0 aliphatic carbocycles. The lowest BCUT2D eigenvalue weighted by Gasteiger charge is -2.34. The van der Waals surface area contributed by atoms with Gasteiger partial charge in [-0.2, -0.15) is 4.31 Å². The summed E-state index contributed by atoms with van der Waals surface area (Å²) in [5.41, 5.74) is 0.496. The lowest BCUT2D eigenvalue weighted by molar-refractivity contribution is 0.246. The van der Waals surface area contributed by atoms with Crippen molar-refractivity contribution >= 4 is 10.0 Å². The standard InChI is InChI=1S/C15H20N2O3S/c1-2-14-7-3-4-8-17(14)21(19,20)15-10-13(6-5-9-18)11-16-12-15/h10-12,14,18H,2-4,7-9H2,1H3. The SMILES string of the molecule is CCC1CCCCN1S(=O)(=O)c1cncc(C#CCO)c1. The van der Waals surface area contributed by atoms with Crippen molar-refractivity contribution in [1.29, 1.82) is 0 Å². The number of aromatic nitrogens is 1. The van der Waals surface area contributed by atoms with E-state index in [1.54, 1.807) is 4.31 Å². The number of hydrogen-bond acceptors (Lipinski definition) is 4. The second kappa shape index (κ2) is 7.03. The first-order chi connectivity index (χ1) is 10.1. The number of hydrogen-bond donors (Lipinski definition) is 1. The Bertz CT molecular complexity index is 646. The van der Waals surface area contributed by atoms with E-state index in [0.717, 1.165) is 25.7 Å². The van der Waals surface area contributed by atoms with E-state index in [9.17, 15) is 8.42 Å². The smallest absolute Gasteiger partial charge is 0.244 e. The maximum Gasteiger partial charge on any atom is 0.244 e. The molecule has 0 saturated carbocycles. The Balaban J connectivity index is 2.34. The number of piperidine rings is 1. The van der Waals surface area contributed by atoms with Crippen molar-refractivity contribution < 1.29 is 13.5 Å². The summed E-state index contributed by atoms with van der Waals surface area (Å²) in [6.45, 7) is 2.31. The molecule has 1 aliphatic rings. The molecule has 6 heteroatoms. The molecule has 1 aromatic heterocycles. The van der Waals surface area contributed by atoms with E-state index in [4.69, 9.17) is 5.11 Å². The number of rotatable bonds is 3. The van der Waals surface area contributed by atoms with Gasteiger partial charge >= 0.3 is 0 Å². The van der Waals surface area contributed by atoms with Crippen LogP contribution >= 0.6 is 0 Å². The quantitative estimate of drug-likeness (QED) is 0.856.